The fourth-order valence-electron chi connectivity index (χ4n) is 1.53. The SMILES string of the molecule is O=C(C=Cc1ccccc1Cl)Nc1ccc(F)c(F)c1. The van der Waals surface area contributed by atoms with Crippen LogP contribution in [0.3, 0.4) is 0 Å². The Bertz CT molecular complexity index is 671. The Balaban J connectivity index is 2.06. The lowest BCUT2D eigenvalue weighted by atomic mass is 10.2. The highest BCUT2D eigenvalue weighted by atomic mass is 35.5. The lowest BCUT2D eigenvalue weighted by Gasteiger charge is -2.02. The summed E-state index contributed by atoms with van der Waals surface area (Å²) in [5.74, 6) is -2.44. The smallest absolute Gasteiger partial charge is 0.248 e. The van der Waals surface area contributed by atoms with Crippen molar-refractivity contribution < 1.29 is 13.6 Å². The second-order valence-electron chi connectivity index (χ2n) is 3.97. The summed E-state index contributed by atoms with van der Waals surface area (Å²) in [5.41, 5.74) is 0.868. The molecule has 1 N–H and O–H groups in total. The number of anilines is 1. The Morgan fingerprint density at radius 3 is 2.55 bits per heavy atom. The highest BCUT2D eigenvalue weighted by Crippen LogP contribution is 2.17. The molecule has 0 saturated heterocycles. The van der Waals surface area contributed by atoms with Crippen molar-refractivity contribution in [2.45, 2.75) is 0 Å². The molecule has 0 aromatic heterocycles. The zero-order chi connectivity index (χ0) is 14.5. The van der Waals surface area contributed by atoms with E-state index in [1.807, 2.05) is 0 Å². The van der Waals surface area contributed by atoms with Crippen LogP contribution in [0, 0.1) is 11.6 Å². The van der Waals surface area contributed by atoms with Crippen molar-refractivity contribution in [2.75, 3.05) is 5.32 Å². The number of halogens is 3. The van der Waals surface area contributed by atoms with Crippen LogP contribution in [0.25, 0.3) is 6.08 Å². The number of amides is 1. The van der Waals surface area contributed by atoms with Crippen molar-refractivity contribution in [3.8, 4) is 0 Å². The van der Waals surface area contributed by atoms with E-state index in [2.05, 4.69) is 5.32 Å². The van der Waals surface area contributed by atoms with E-state index in [1.165, 1.54) is 18.2 Å². The van der Waals surface area contributed by atoms with Crippen molar-refractivity contribution in [1.82, 2.24) is 0 Å². The first-order chi connectivity index (χ1) is 9.56. The summed E-state index contributed by atoms with van der Waals surface area (Å²) in [5, 5.41) is 2.94. The van der Waals surface area contributed by atoms with Crippen LogP contribution >= 0.6 is 11.6 Å². The van der Waals surface area contributed by atoms with E-state index >= 15 is 0 Å². The molecule has 0 aliphatic heterocycles. The molecule has 102 valence electrons. The van der Waals surface area contributed by atoms with E-state index in [0.717, 1.165) is 12.1 Å². The Labute approximate surface area is 119 Å². The van der Waals surface area contributed by atoms with Crippen LogP contribution in [-0.4, -0.2) is 5.91 Å². The van der Waals surface area contributed by atoms with Gasteiger partial charge in [-0.05, 0) is 29.8 Å². The maximum absolute atomic E-state index is 13.0. The van der Waals surface area contributed by atoms with Crippen molar-refractivity contribution in [1.29, 1.82) is 0 Å². The van der Waals surface area contributed by atoms with Gasteiger partial charge in [0.2, 0.25) is 5.91 Å². The highest BCUT2D eigenvalue weighted by molar-refractivity contribution is 6.32. The molecule has 0 heterocycles. The molecule has 0 atom stereocenters. The molecule has 2 nitrogen and oxygen atoms in total. The van der Waals surface area contributed by atoms with Gasteiger partial charge in [-0.3, -0.25) is 4.79 Å². The van der Waals surface area contributed by atoms with Gasteiger partial charge in [-0.25, -0.2) is 8.78 Å². The van der Waals surface area contributed by atoms with Crippen LogP contribution in [0.4, 0.5) is 14.5 Å². The summed E-state index contributed by atoms with van der Waals surface area (Å²) in [6.07, 6.45) is 2.81. The third kappa shape index (κ3) is 3.65. The molecule has 2 aromatic carbocycles. The van der Waals surface area contributed by atoms with E-state index in [4.69, 9.17) is 11.6 Å². The average molecular weight is 294 g/mol. The quantitative estimate of drug-likeness (QED) is 0.841. The topological polar surface area (TPSA) is 29.1 Å². The third-order valence-corrected chi connectivity index (χ3v) is 2.85. The van der Waals surface area contributed by atoms with Gasteiger partial charge in [0.05, 0.1) is 0 Å². The predicted molar refractivity (Wildman–Crippen MR) is 75.5 cm³/mol. The summed E-state index contributed by atoms with van der Waals surface area (Å²) >= 11 is 5.93. The molecule has 20 heavy (non-hydrogen) atoms. The van der Waals surface area contributed by atoms with Crippen molar-refractivity contribution >= 4 is 29.3 Å². The van der Waals surface area contributed by atoms with Crippen molar-refractivity contribution in [2.24, 2.45) is 0 Å². The van der Waals surface area contributed by atoms with Gasteiger partial charge in [0.15, 0.2) is 11.6 Å². The number of carbonyl (C=O) groups is 1. The zero-order valence-corrected chi connectivity index (χ0v) is 11.0. The molecule has 0 aliphatic carbocycles. The van der Waals surface area contributed by atoms with Gasteiger partial charge in [-0.1, -0.05) is 29.8 Å². The molecule has 0 radical (unpaired) electrons. The molecule has 2 aromatic rings. The maximum atomic E-state index is 13.0. The molecular formula is C15H10ClF2NO. The lowest BCUT2D eigenvalue weighted by Crippen LogP contribution is -2.08. The largest absolute Gasteiger partial charge is 0.322 e. The molecule has 1 amide bonds. The molecule has 0 bridgehead atoms. The molecule has 0 aliphatic rings. The van der Waals surface area contributed by atoms with E-state index in [9.17, 15) is 13.6 Å². The second-order valence-corrected chi connectivity index (χ2v) is 4.38. The number of nitrogens with one attached hydrogen (secondary N) is 1. The number of hydrogen-bond acceptors (Lipinski definition) is 1. The molecule has 0 unspecified atom stereocenters. The number of rotatable bonds is 3. The van der Waals surface area contributed by atoms with Crippen LogP contribution in [0.15, 0.2) is 48.5 Å². The fraction of sp³-hybridized carbons (Fsp3) is 0. The first kappa shape index (κ1) is 14.2. The molecule has 2 rings (SSSR count). The molecule has 0 fully saturated rings. The minimum Gasteiger partial charge on any atom is -0.322 e. The summed E-state index contributed by atoms with van der Waals surface area (Å²) in [6, 6.07) is 10.2. The fourth-order valence-corrected chi connectivity index (χ4v) is 1.73. The van der Waals surface area contributed by atoms with Crippen molar-refractivity contribution in [3.63, 3.8) is 0 Å². The molecule has 5 heteroatoms. The Morgan fingerprint density at radius 1 is 1.10 bits per heavy atom. The predicted octanol–water partition coefficient (Wildman–Crippen LogP) is 4.27. The van der Waals surface area contributed by atoms with Gasteiger partial charge < -0.3 is 5.32 Å². The van der Waals surface area contributed by atoms with Crippen LogP contribution in [0.5, 0.6) is 0 Å². The Morgan fingerprint density at radius 2 is 1.85 bits per heavy atom. The summed E-state index contributed by atoms with van der Waals surface area (Å²) in [6.45, 7) is 0. The van der Waals surface area contributed by atoms with Crippen LogP contribution in [0.1, 0.15) is 5.56 Å². The average Bonchev–Trinajstić information content (AvgIpc) is 2.42. The Hall–Kier alpha value is -2.20. The first-order valence-corrected chi connectivity index (χ1v) is 6.13. The highest BCUT2D eigenvalue weighted by Gasteiger charge is 2.04. The van der Waals surface area contributed by atoms with Crippen LogP contribution in [-0.2, 0) is 4.79 Å². The van der Waals surface area contributed by atoms with E-state index in [-0.39, 0.29) is 5.69 Å². The maximum Gasteiger partial charge on any atom is 0.248 e. The van der Waals surface area contributed by atoms with Gasteiger partial charge in [0, 0.05) is 22.9 Å². The monoisotopic (exact) mass is 293 g/mol. The standard InChI is InChI=1S/C15H10ClF2NO/c16-12-4-2-1-3-10(12)5-8-15(20)19-11-6-7-13(17)14(18)9-11/h1-9H,(H,19,20). The van der Waals surface area contributed by atoms with Gasteiger partial charge in [-0.2, -0.15) is 0 Å². The number of hydrogen-bond donors (Lipinski definition) is 1. The summed E-state index contributed by atoms with van der Waals surface area (Å²) in [7, 11) is 0. The van der Waals surface area contributed by atoms with E-state index in [0.29, 0.717) is 10.6 Å². The van der Waals surface area contributed by atoms with Crippen LogP contribution < -0.4 is 5.32 Å². The molecular weight excluding hydrogens is 284 g/mol. The minimum absolute atomic E-state index is 0.178. The first-order valence-electron chi connectivity index (χ1n) is 5.75. The summed E-state index contributed by atoms with van der Waals surface area (Å²) < 4.78 is 25.7. The normalized spacial score (nSPS) is 10.8. The molecule has 0 saturated carbocycles. The van der Waals surface area contributed by atoms with Crippen molar-refractivity contribution in [3.05, 3.63) is 70.8 Å². The van der Waals surface area contributed by atoms with Gasteiger partial charge in [-0.15, -0.1) is 0 Å². The van der Waals surface area contributed by atoms with Gasteiger partial charge >= 0.3 is 0 Å². The lowest BCUT2D eigenvalue weighted by molar-refractivity contribution is -0.111. The van der Waals surface area contributed by atoms with Gasteiger partial charge in [0.25, 0.3) is 0 Å². The number of carbonyl (C=O) groups excluding carboxylic acids is 1. The number of benzene rings is 2. The second kappa shape index (κ2) is 6.30. The van der Waals surface area contributed by atoms with E-state index < -0.39 is 17.5 Å². The van der Waals surface area contributed by atoms with Crippen LogP contribution in [0.2, 0.25) is 5.02 Å². The zero-order valence-electron chi connectivity index (χ0n) is 10.2. The van der Waals surface area contributed by atoms with E-state index in [1.54, 1.807) is 24.3 Å². The molecule has 0 spiro atoms. The van der Waals surface area contributed by atoms with Gasteiger partial charge in [0.1, 0.15) is 0 Å². The Kier molecular flexibility index (Phi) is 4.48. The summed E-state index contributed by atoms with van der Waals surface area (Å²) in [4.78, 5) is 11.6. The third-order valence-electron chi connectivity index (χ3n) is 2.51. The minimum atomic E-state index is -1.02.